The van der Waals surface area contributed by atoms with Crippen molar-refractivity contribution in [2.45, 2.75) is 6.42 Å². The van der Waals surface area contributed by atoms with Crippen molar-refractivity contribution in [1.29, 1.82) is 0 Å². The van der Waals surface area contributed by atoms with Gasteiger partial charge in [-0.3, -0.25) is 0 Å². The normalized spacial score (nSPS) is 10.8. The van der Waals surface area contributed by atoms with Crippen molar-refractivity contribution in [3.05, 3.63) is 12.3 Å². The molecule has 0 saturated carbocycles. The molecule has 1 heterocycles. The van der Waals surface area contributed by atoms with E-state index in [1.807, 2.05) is 0 Å². The standard InChI is InChI=1S/C12H24N6/c1-18(2)7-3-4-15-5-6-16-12-11(14)8-10(13)9-17-12/h8-9,15H,3-7,13-14H2,1-2H3,(H,16,17). The largest absolute Gasteiger partial charge is 0.397 e. The van der Waals surface area contributed by atoms with Crippen molar-refractivity contribution >= 4 is 17.2 Å². The van der Waals surface area contributed by atoms with Crippen molar-refractivity contribution in [2.24, 2.45) is 0 Å². The summed E-state index contributed by atoms with van der Waals surface area (Å²) in [7, 11) is 4.16. The molecule has 102 valence electrons. The molecule has 0 aliphatic carbocycles. The summed E-state index contributed by atoms with van der Waals surface area (Å²) in [6, 6.07) is 1.71. The molecule has 0 saturated heterocycles. The number of aromatic nitrogens is 1. The van der Waals surface area contributed by atoms with Crippen LogP contribution in [0, 0.1) is 0 Å². The third-order valence-corrected chi connectivity index (χ3v) is 2.49. The van der Waals surface area contributed by atoms with E-state index in [2.05, 4.69) is 34.6 Å². The summed E-state index contributed by atoms with van der Waals surface area (Å²) in [6.45, 7) is 3.80. The van der Waals surface area contributed by atoms with Crippen LogP contribution in [0.25, 0.3) is 0 Å². The van der Waals surface area contributed by atoms with E-state index in [-0.39, 0.29) is 0 Å². The molecule has 1 aromatic heterocycles. The minimum atomic E-state index is 0.583. The Kier molecular flexibility index (Phi) is 6.24. The zero-order valence-corrected chi connectivity index (χ0v) is 11.2. The van der Waals surface area contributed by atoms with Crippen LogP contribution in [0.3, 0.4) is 0 Å². The minimum absolute atomic E-state index is 0.583. The molecule has 0 aliphatic rings. The lowest BCUT2D eigenvalue weighted by Gasteiger charge is -2.11. The summed E-state index contributed by atoms with van der Waals surface area (Å²) in [5.41, 5.74) is 12.5. The summed E-state index contributed by atoms with van der Waals surface area (Å²) in [6.07, 6.45) is 2.75. The predicted octanol–water partition coefficient (Wildman–Crippen LogP) is 0.199. The Morgan fingerprint density at radius 1 is 1.22 bits per heavy atom. The van der Waals surface area contributed by atoms with Crippen LogP contribution < -0.4 is 22.1 Å². The van der Waals surface area contributed by atoms with Gasteiger partial charge >= 0.3 is 0 Å². The van der Waals surface area contributed by atoms with Gasteiger partial charge in [0, 0.05) is 13.1 Å². The average molecular weight is 252 g/mol. The monoisotopic (exact) mass is 252 g/mol. The first-order valence-corrected chi connectivity index (χ1v) is 6.20. The van der Waals surface area contributed by atoms with Crippen molar-refractivity contribution < 1.29 is 0 Å². The lowest BCUT2D eigenvalue weighted by atomic mass is 10.3. The average Bonchev–Trinajstić information content (AvgIpc) is 2.30. The number of nitrogens with zero attached hydrogens (tertiary/aromatic N) is 2. The number of nitrogen functional groups attached to an aromatic ring is 2. The molecule has 0 bridgehead atoms. The number of nitrogens with one attached hydrogen (secondary N) is 2. The third-order valence-electron chi connectivity index (χ3n) is 2.49. The number of nitrogens with two attached hydrogens (primary N) is 2. The van der Waals surface area contributed by atoms with Crippen molar-refractivity contribution in [2.75, 3.05) is 57.1 Å². The van der Waals surface area contributed by atoms with Crippen LogP contribution in [-0.4, -0.2) is 50.2 Å². The molecule has 0 aromatic carbocycles. The van der Waals surface area contributed by atoms with Gasteiger partial charge < -0.3 is 27.0 Å². The van der Waals surface area contributed by atoms with Gasteiger partial charge in [0.2, 0.25) is 0 Å². The fourth-order valence-corrected chi connectivity index (χ4v) is 1.56. The highest BCUT2D eigenvalue weighted by Crippen LogP contribution is 2.16. The number of rotatable bonds is 8. The molecule has 0 spiro atoms. The Balaban J connectivity index is 2.11. The van der Waals surface area contributed by atoms with E-state index < -0.39 is 0 Å². The summed E-state index contributed by atoms with van der Waals surface area (Å²) in [5.74, 6) is 0.694. The highest BCUT2D eigenvalue weighted by molar-refractivity contribution is 5.65. The van der Waals surface area contributed by atoms with Gasteiger partial charge in [-0.15, -0.1) is 0 Å². The van der Waals surface area contributed by atoms with Gasteiger partial charge in [-0.05, 0) is 39.7 Å². The second-order valence-corrected chi connectivity index (χ2v) is 4.54. The van der Waals surface area contributed by atoms with Gasteiger partial charge in [-0.2, -0.15) is 0 Å². The van der Waals surface area contributed by atoms with Crippen molar-refractivity contribution in [3.63, 3.8) is 0 Å². The van der Waals surface area contributed by atoms with E-state index in [1.54, 1.807) is 12.3 Å². The molecule has 6 N–H and O–H groups in total. The SMILES string of the molecule is CN(C)CCCNCCNc1ncc(N)cc1N. The van der Waals surface area contributed by atoms with Gasteiger partial charge in [-0.1, -0.05) is 0 Å². The number of hydrogen-bond acceptors (Lipinski definition) is 6. The highest BCUT2D eigenvalue weighted by Gasteiger charge is 1.99. The second kappa shape index (κ2) is 7.73. The summed E-state index contributed by atoms with van der Waals surface area (Å²) >= 11 is 0. The summed E-state index contributed by atoms with van der Waals surface area (Å²) in [5, 5.41) is 6.53. The summed E-state index contributed by atoms with van der Waals surface area (Å²) < 4.78 is 0. The van der Waals surface area contributed by atoms with Gasteiger partial charge in [0.25, 0.3) is 0 Å². The maximum absolute atomic E-state index is 5.79. The lowest BCUT2D eigenvalue weighted by molar-refractivity contribution is 0.395. The molecule has 6 heteroatoms. The molecule has 1 rings (SSSR count). The smallest absolute Gasteiger partial charge is 0.149 e. The quantitative estimate of drug-likeness (QED) is 0.494. The molecule has 0 atom stereocenters. The Labute approximate surface area is 109 Å². The maximum Gasteiger partial charge on any atom is 0.149 e. The highest BCUT2D eigenvalue weighted by atomic mass is 15.1. The van der Waals surface area contributed by atoms with E-state index in [9.17, 15) is 0 Å². The fourth-order valence-electron chi connectivity index (χ4n) is 1.56. The molecule has 1 aromatic rings. The van der Waals surface area contributed by atoms with Gasteiger partial charge in [-0.25, -0.2) is 4.98 Å². The number of anilines is 3. The van der Waals surface area contributed by atoms with E-state index >= 15 is 0 Å². The molecule has 0 amide bonds. The first-order chi connectivity index (χ1) is 8.59. The zero-order chi connectivity index (χ0) is 13.4. The van der Waals surface area contributed by atoms with Crippen LogP contribution in [0.4, 0.5) is 17.2 Å². The van der Waals surface area contributed by atoms with Crippen LogP contribution in [0.1, 0.15) is 6.42 Å². The maximum atomic E-state index is 5.79. The zero-order valence-electron chi connectivity index (χ0n) is 11.2. The Bertz CT molecular complexity index is 352. The Morgan fingerprint density at radius 2 is 2.00 bits per heavy atom. The second-order valence-electron chi connectivity index (χ2n) is 4.54. The number of pyridine rings is 1. The molecule has 0 aliphatic heterocycles. The fraction of sp³-hybridized carbons (Fsp3) is 0.583. The number of hydrogen-bond donors (Lipinski definition) is 4. The molecular formula is C12H24N6. The first-order valence-electron chi connectivity index (χ1n) is 6.20. The molecule has 0 unspecified atom stereocenters. The van der Waals surface area contributed by atoms with E-state index in [4.69, 9.17) is 11.5 Å². The van der Waals surface area contributed by atoms with Crippen LogP contribution in [0.15, 0.2) is 12.3 Å². The molecule has 0 radical (unpaired) electrons. The molecule has 18 heavy (non-hydrogen) atoms. The third kappa shape index (κ3) is 5.70. The van der Waals surface area contributed by atoms with Crippen LogP contribution in [0.2, 0.25) is 0 Å². The molecule has 0 fully saturated rings. The first kappa shape index (κ1) is 14.5. The van der Waals surface area contributed by atoms with Gasteiger partial charge in [0.1, 0.15) is 5.82 Å². The topological polar surface area (TPSA) is 92.2 Å². The Morgan fingerprint density at radius 3 is 2.67 bits per heavy atom. The van der Waals surface area contributed by atoms with Crippen molar-refractivity contribution in [3.8, 4) is 0 Å². The van der Waals surface area contributed by atoms with Crippen LogP contribution in [-0.2, 0) is 0 Å². The van der Waals surface area contributed by atoms with Crippen LogP contribution in [0.5, 0.6) is 0 Å². The van der Waals surface area contributed by atoms with Crippen molar-refractivity contribution in [1.82, 2.24) is 15.2 Å². The predicted molar refractivity (Wildman–Crippen MR) is 77.6 cm³/mol. The lowest BCUT2D eigenvalue weighted by Crippen LogP contribution is -2.26. The van der Waals surface area contributed by atoms with E-state index in [0.29, 0.717) is 17.2 Å². The Hall–Kier alpha value is -1.53. The van der Waals surface area contributed by atoms with E-state index in [1.165, 1.54) is 0 Å². The van der Waals surface area contributed by atoms with Gasteiger partial charge in [0.15, 0.2) is 0 Å². The minimum Gasteiger partial charge on any atom is -0.397 e. The van der Waals surface area contributed by atoms with Gasteiger partial charge in [0.05, 0.1) is 17.6 Å². The van der Waals surface area contributed by atoms with E-state index in [0.717, 1.165) is 32.6 Å². The van der Waals surface area contributed by atoms with Crippen LogP contribution >= 0.6 is 0 Å². The molecular weight excluding hydrogens is 228 g/mol. The molecule has 6 nitrogen and oxygen atoms in total. The summed E-state index contributed by atoms with van der Waals surface area (Å²) in [4.78, 5) is 6.32.